The van der Waals surface area contributed by atoms with E-state index in [4.69, 9.17) is 4.42 Å². The number of rotatable bonds is 5. The predicted octanol–water partition coefficient (Wildman–Crippen LogP) is 2.97. The van der Waals surface area contributed by atoms with Crippen molar-refractivity contribution < 1.29 is 4.42 Å². The average molecular weight is 380 g/mol. The van der Waals surface area contributed by atoms with Gasteiger partial charge in [0, 0.05) is 32.7 Å². The molecule has 1 atom stereocenters. The molecule has 23 heavy (non-hydrogen) atoms. The summed E-state index contributed by atoms with van der Waals surface area (Å²) in [6, 6.07) is 6.35. The van der Waals surface area contributed by atoms with Gasteiger partial charge in [-0.1, -0.05) is 0 Å². The van der Waals surface area contributed by atoms with Crippen LogP contribution in [-0.4, -0.2) is 48.1 Å². The first-order valence-electron chi connectivity index (χ1n) is 7.82. The van der Waals surface area contributed by atoms with Gasteiger partial charge in [0.1, 0.15) is 23.7 Å². The molecule has 1 N–H and O–H groups in total. The Hall–Kier alpha value is -1.60. The van der Waals surface area contributed by atoms with Crippen LogP contribution in [-0.2, 0) is 6.54 Å². The molecule has 7 heteroatoms. The Kier molecular flexibility index (Phi) is 5.17. The Balaban J connectivity index is 1.59. The van der Waals surface area contributed by atoms with Crippen LogP contribution in [0.3, 0.4) is 0 Å². The normalized spacial score (nSPS) is 18.8. The van der Waals surface area contributed by atoms with E-state index >= 15 is 0 Å². The summed E-state index contributed by atoms with van der Waals surface area (Å²) in [7, 11) is 3.96. The molecule has 1 aliphatic heterocycles. The molecule has 124 valence electrons. The third-order valence-corrected chi connectivity index (χ3v) is 4.40. The third-order valence-electron chi connectivity index (χ3n) is 3.98. The Morgan fingerprint density at radius 2 is 2.26 bits per heavy atom. The predicted molar refractivity (Wildman–Crippen MR) is 94.7 cm³/mol. The molecule has 3 heterocycles. The molecule has 0 saturated carbocycles. The van der Waals surface area contributed by atoms with Gasteiger partial charge in [0.05, 0.1) is 6.54 Å². The Morgan fingerprint density at radius 3 is 3.00 bits per heavy atom. The van der Waals surface area contributed by atoms with Crippen molar-refractivity contribution in [1.29, 1.82) is 0 Å². The summed E-state index contributed by atoms with van der Waals surface area (Å²) in [5.41, 5.74) is 0. The van der Waals surface area contributed by atoms with Crippen molar-refractivity contribution in [3.8, 4) is 0 Å². The SMILES string of the molecule is CN(C)c1cc(NC2CCCN(Cc3ccc(Br)o3)C2)ncn1. The van der Waals surface area contributed by atoms with Gasteiger partial charge in [-0.05, 0) is 47.4 Å². The highest BCUT2D eigenvalue weighted by Gasteiger charge is 2.21. The highest BCUT2D eigenvalue weighted by atomic mass is 79.9. The number of anilines is 2. The first kappa shape index (κ1) is 16.3. The fraction of sp³-hybridized carbons (Fsp3) is 0.500. The number of aromatic nitrogens is 2. The van der Waals surface area contributed by atoms with Crippen LogP contribution in [0.5, 0.6) is 0 Å². The van der Waals surface area contributed by atoms with E-state index in [0.717, 1.165) is 48.1 Å². The molecule has 0 aromatic carbocycles. The van der Waals surface area contributed by atoms with E-state index in [-0.39, 0.29) is 0 Å². The molecule has 1 fully saturated rings. The summed E-state index contributed by atoms with van der Waals surface area (Å²) in [6.07, 6.45) is 3.93. The third kappa shape index (κ3) is 4.45. The molecule has 0 spiro atoms. The quantitative estimate of drug-likeness (QED) is 0.861. The molecule has 6 nitrogen and oxygen atoms in total. The van der Waals surface area contributed by atoms with E-state index in [1.165, 1.54) is 6.42 Å². The molecular formula is C16H22BrN5O. The van der Waals surface area contributed by atoms with Crippen molar-refractivity contribution in [2.75, 3.05) is 37.4 Å². The Bertz CT molecular complexity index is 645. The summed E-state index contributed by atoms with van der Waals surface area (Å²) in [6.45, 7) is 2.93. The minimum atomic E-state index is 0.395. The van der Waals surface area contributed by atoms with Gasteiger partial charge in [-0.2, -0.15) is 0 Å². The first-order chi connectivity index (χ1) is 11.1. The van der Waals surface area contributed by atoms with Crippen LogP contribution in [0.4, 0.5) is 11.6 Å². The second-order valence-electron chi connectivity index (χ2n) is 6.08. The molecule has 2 aromatic rings. The van der Waals surface area contributed by atoms with E-state index in [9.17, 15) is 0 Å². The zero-order valence-electron chi connectivity index (χ0n) is 13.5. The van der Waals surface area contributed by atoms with Crippen molar-refractivity contribution in [2.45, 2.75) is 25.4 Å². The van der Waals surface area contributed by atoms with Crippen molar-refractivity contribution in [2.24, 2.45) is 0 Å². The maximum absolute atomic E-state index is 5.61. The largest absolute Gasteiger partial charge is 0.453 e. The van der Waals surface area contributed by atoms with Gasteiger partial charge in [0.25, 0.3) is 0 Å². The van der Waals surface area contributed by atoms with Gasteiger partial charge in [-0.15, -0.1) is 0 Å². The van der Waals surface area contributed by atoms with E-state index in [0.29, 0.717) is 6.04 Å². The van der Waals surface area contributed by atoms with Crippen molar-refractivity contribution in [3.05, 3.63) is 35.0 Å². The summed E-state index contributed by atoms with van der Waals surface area (Å²) in [4.78, 5) is 13.0. The summed E-state index contributed by atoms with van der Waals surface area (Å²) >= 11 is 3.36. The van der Waals surface area contributed by atoms with Gasteiger partial charge in [-0.3, -0.25) is 4.90 Å². The number of likely N-dealkylation sites (tertiary alicyclic amines) is 1. The molecule has 0 radical (unpaired) electrons. The molecule has 0 amide bonds. The number of halogens is 1. The van der Waals surface area contributed by atoms with Gasteiger partial charge >= 0.3 is 0 Å². The molecule has 3 rings (SSSR count). The molecule has 1 saturated heterocycles. The molecule has 1 unspecified atom stereocenters. The lowest BCUT2D eigenvalue weighted by atomic mass is 10.1. The van der Waals surface area contributed by atoms with Crippen LogP contribution >= 0.6 is 15.9 Å². The molecule has 0 bridgehead atoms. The molecule has 0 aliphatic carbocycles. The summed E-state index contributed by atoms with van der Waals surface area (Å²) in [5, 5.41) is 3.54. The fourth-order valence-electron chi connectivity index (χ4n) is 2.85. The van der Waals surface area contributed by atoms with Gasteiger partial charge < -0.3 is 14.6 Å². The lowest BCUT2D eigenvalue weighted by Crippen LogP contribution is -2.41. The number of hydrogen-bond acceptors (Lipinski definition) is 6. The maximum atomic E-state index is 5.61. The Labute approximate surface area is 145 Å². The monoisotopic (exact) mass is 379 g/mol. The molecular weight excluding hydrogens is 358 g/mol. The second kappa shape index (κ2) is 7.31. The van der Waals surface area contributed by atoms with Crippen LogP contribution in [0.25, 0.3) is 0 Å². The van der Waals surface area contributed by atoms with E-state index in [1.807, 2.05) is 37.2 Å². The highest BCUT2D eigenvalue weighted by molar-refractivity contribution is 9.10. The maximum Gasteiger partial charge on any atom is 0.169 e. The van der Waals surface area contributed by atoms with Crippen LogP contribution in [0.1, 0.15) is 18.6 Å². The summed E-state index contributed by atoms with van der Waals surface area (Å²) < 4.78 is 6.40. The zero-order chi connectivity index (χ0) is 16.2. The van der Waals surface area contributed by atoms with Gasteiger partial charge in [0.2, 0.25) is 0 Å². The van der Waals surface area contributed by atoms with Gasteiger partial charge in [0.15, 0.2) is 4.67 Å². The van der Waals surface area contributed by atoms with Gasteiger partial charge in [-0.25, -0.2) is 9.97 Å². The lowest BCUT2D eigenvalue weighted by molar-refractivity contribution is 0.193. The van der Waals surface area contributed by atoms with Crippen LogP contribution in [0, 0.1) is 0 Å². The van der Waals surface area contributed by atoms with E-state index in [2.05, 4.69) is 36.1 Å². The van der Waals surface area contributed by atoms with Crippen LogP contribution < -0.4 is 10.2 Å². The number of nitrogens with one attached hydrogen (secondary N) is 1. The number of nitrogens with zero attached hydrogens (tertiary/aromatic N) is 4. The minimum absolute atomic E-state index is 0.395. The van der Waals surface area contributed by atoms with E-state index in [1.54, 1.807) is 6.33 Å². The topological polar surface area (TPSA) is 57.4 Å². The second-order valence-corrected chi connectivity index (χ2v) is 6.86. The van der Waals surface area contributed by atoms with Crippen molar-refractivity contribution in [1.82, 2.24) is 14.9 Å². The van der Waals surface area contributed by atoms with Crippen LogP contribution in [0.15, 0.2) is 33.6 Å². The van der Waals surface area contributed by atoms with Crippen molar-refractivity contribution in [3.63, 3.8) is 0 Å². The standard InChI is InChI=1S/C16H22BrN5O/c1-21(2)16-8-15(18-11-19-16)20-12-4-3-7-22(9-12)10-13-5-6-14(17)23-13/h5-6,8,11-12H,3-4,7,9-10H2,1-2H3,(H,18,19,20). The molecule has 1 aliphatic rings. The van der Waals surface area contributed by atoms with E-state index < -0.39 is 0 Å². The number of hydrogen-bond donors (Lipinski definition) is 1. The number of furan rings is 1. The fourth-order valence-corrected chi connectivity index (χ4v) is 3.19. The lowest BCUT2D eigenvalue weighted by Gasteiger charge is -2.32. The van der Waals surface area contributed by atoms with Crippen molar-refractivity contribution >= 4 is 27.6 Å². The number of piperidine rings is 1. The zero-order valence-corrected chi connectivity index (χ0v) is 15.1. The average Bonchev–Trinajstić information content (AvgIpc) is 2.93. The summed E-state index contributed by atoms with van der Waals surface area (Å²) in [5.74, 6) is 2.79. The molecule has 2 aromatic heterocycles. The Morgan fingerprint density at radius 1 is 1.39 bits per heavy atom. The van der Waals surface area contributed by atoms with Crippen LogP contribution in [0.2, 0.25) is 0 Å². The smallest absolute Gasteiger partial charge is 0.169 e. The first-order valence-corrected chi connectivity index (χ1v) is 8.62. The highest BCUT2D eigenvalue weighted by Crippen LogP contribution is 2.20. The minimum Gasteiger partial charge on any atom is -0.453 e.